The lowest BCUT2D eigenvalue weighted by Crippen LogP contribution is -2.10. The maximum atomic E-state index is 12.7. The Labute approximate surface area is 178 Å². The van der Waals surface area contributed by atoms with Gasteiger partial charge in [0.05, 0.1) is 23.3 Å². The Morgan fingerprint density at radius 2 is 1.77 bits per heavy atom. The van der Waals surface area contributed by atoms with Crippen LogP contribution in [0.2, 0.25) is 5.02 Å². The molecule has 0 saturated heterocycles. The zero-order chi connectivity index (χ0) is 21.3. The van der Waals surface area contributed by atoms with E-state index in [9.17, 15) is 9.59 Å². The van der Waals surface area contributed by atoms with Crippen LogP contribution in [-0.2, 0) is 0 Å². The molecule has 0 amide bonds. The van der Waals surface area contributed by atoms with Crippen LogP contribution in [0.3, 0.4) is 0 Å². The maximum absolute atomic E-state index is 12.7. The summed E-state index contributed by atoms with van der Waals surface area (Å²) in [5.74, 6) is 0.795. The average Bonchev–Trinajstić information content (AvgIpc) is 3.07. The number of hydrogen-bond acceptors (Lipinski definition) is 5. The normalized spacial score (nSPS) is 13.7. The number of carbonyl (C=O) groups excluding carboxylic acids is 2. The standard InChI is InChI=1S/C24H17ClO5/c1-14-20(30-24(27)17-5-3-4-6-19(17)25)12-11-18-22(26)21(29-23(14)18)13-15-7-9-16(28-2)10-8-15/h3-13H,1-2H3/b21-13-. The van der Waals surface area contributed by atoms with Gasteiger partial charge in [-0.25, -0.2) is 4.79 Å². The number of Topliss-reactive ketones (excluding diaryl/α,β-unsaturated/α-hetero) is 1. The molecule has 5 nitrogen and oxygen atoms in total. The van der Waals surface area contributed by atoms with Gasteiger partial charge in [-0.2, -0.15) is 0 Å². The van der Waals surface area contributed by atoms with E-state index in [4.69, 9.17) is 25.8 Å². The summed E-state index contributed by atoms with van der Waals surface area (Å²) in [5, 5.41) is 0.303. The van der Waals surface area contributed by atoms with Gasteiger partial charge in [-0.05, 0) is 55.0 Å². The fourth-order valence-electron chi connectivity index (χ4n) is 3.11. The molecule has 4 rings (SSSR count). The number of fused-ring (bicyclic) bond motifs is 1. The van der Waals surface area contributed by atoms with Gasteiger partial charge >= 0.3 is 5.97 Å². The number of allylic oxidation sites excluding steroid dienone is 1. The van der Waals surface area contributed by atoms with E-state index in [-0.39, 0.29) is 17.1 Å². The first-order chi connectivity index (χ1) is 14.5. The van der Waals surface area contributed by atoms with E-state index in [0.717, 1.165) is 11.3 Å². The maximum Gasteiger partial charge on any atom is 0.345 e. The van der Waals surface area contributed by atoms with E-state index >= 15 is 0 Å². The molecule has 1 aliphatic rings. The van der Waals surface area contributed by atoms with Crippen LogP contribution >= 0.6 is 11.6 Å². The highest BCUT2D eigenvalue weighted by Gasteiger charge is 2.30. The fourth-order valence-corrected chi connectivity index (χ4v) is 3.32. The van der Waals surface area contributed by atoms with Crippen molar-refractivity contribution in [2.24, 2.45) is 0 Å². The third-order valence-electron chi connectivity index (χ3n) is 4.75. The van der Waals surface area contributed by atoms with Gasteiger partial charge in [-0.1, -0.05) is 35.9 Å². The van der Waals surface area contributed by atoms with Crippen LogP contribution in [0.15, 0.2) is 66.4 Å². The fraction of sp³-hybridized carbons (Fsp3) is 0.0833. The second-order valence-corrected chi connectivity index (χ2v) is 7.05. The van der Waals surface area contributed by atoms with Gasteiger partial charge in [0.15, 0.2) is 5.76 Å². The van der Waals surface area contributed by atoms with Crippen LogP contribution in [0.1, 0.15) is 31.8 Å². The molecule has 6 heteroatoms. The molecule has 1 heterocycles. The van der Waals surface area contributed by atoms with Gasteiger partial charge in [0, 0.05) is 5.56 Å². The van der Waals surface area contributed by atoms with E-state index in [1.165, 1.54) is 0 Å². The van der Waals surface area contributed by atoms with E-state index in [2.05, 4.69) is 0 Å². The first-order valence-electron chi connectivity index (χ1n) is 9.16. The van der Waals surface area contributed by atoms with Crippen LogP contribution in [0.25, 0.3) is 6.08 Å². The summed E-state index contributed by atoms with van der Waals surface area (Å²) in [6, 6.07) is 17.1. The van der Waals surface area contributed by atoms with E-state index < -0.39 is 5.97 Å². The van der Waals surface area contributed by atoms with Crippen molar-refractivity contribution in [3.05, 3.63) is 93.7 Å². The number of methoxy groups -OCH3 is 1. The minimum Gasteiger partial charge on any atom is -0.497 e. The zero-order valence-corrected chi connectivity index (χ0v) is 17.0. The van der Waals surface area contributed by atoms with Crippen LogP contribution in [0.5, 0.6) is 17.2 Å². The summed E-state index contributed by atoms with van der Waals surface area (Å²) >= 11 is 6.07. The third-order valence-corrected chi connectivity index (χ3v) is 5.08. The number of esters is 1. The van der Waals surface area contributed by atoms with Crippen molar-refractivity contribution in [3.8, 4) is 17.2 Å². The average molecular weight is 421 g/mol. The predicted molar refractivity (Wildman–Crippen MR) is 114 cm³/mol. The highest BCUT2D eigenvalue weighted by molar-refractivity contribution is 6.33. The summed E-state index contributed by atoms with van der Waals surface area (Å²) in [7, 11) is 1.59. The van der Waals surface area contributed by atoms with Crippen LogP contribution < -0.4 is 14.2 Å². The van der Waals surface area contributed by atoms with Crippen LogP contribution in [-0.4, -0.2) is 18.9 Å². The molecule has 0 radical (unpaired) electrons. The zero-order valence-electron chi connectivity index (χ0n) is 16.3. The Morgan fingerprint density at radius 1 is 1.03 bits per heavy atom. The highest BCUT2D eigenvalue weighted by atomic mass is 35.5. The first kappa shape index (κ1) is 19.7. The Hall–Kier alpha value is -3.57. The quantitative estimate of drug-likeness (QED) is 0.317. The number of carbonyl (C=O) groups is 2. The lowest BCUT2D eigenvalue weighted by atomic mass is 10.1. The van der Waals surface area contributed by atoms with Crippen molar-refractivity contribution < 1.29 is 23.8 Å². The molecule has 3 aromatic rings. The Balaban J connectivity index is 1.60. The van der Waals surface area contributed by atoms with Crippen molar-refractivity contribution in [2.75, 3.05) is 7.11 Å². The Kier molecular flexibility index (Phi) is 5.29. The Bertz CT molecular complexity index is 1180. The molecule has 0 unspecified atom stereocenters. The topological polar surface area (TPSA) is 61.8 Å². The molecule has 0 aromatic heterocycles. The highest BCUT2D eigenvalue weighted by Crippen LogP contribution is 2.39. The summed E-state index contributed by atoms with van der Waals surface area (Å²) < 4.78 is 16.5. The minimum atomic E-state index is -0.582. The van der Waals surface area contributed by atoms with Gasteiger partial charge in [0.1, 0.15) is 17.2 Å². The molecular weight excluding hydrogens is 404 g/mol. The number of benzene rings is 3. The largest absolute Gasteiger partial charge is 0.497 e. The molecular formula is C24H17ClO5. The second-order valence-electron chi connectivity index (χ2n) is 6.65. The SMILES string of the molecule is COc1ccc(/C=C2\Oc3c(ccc(OC(=O)c4ccccc4Cl)c3C)C2=O)cc1. The summed E-state index contributed by atoms with van der Waals surface area (Å²) in [5.41, 5.74) is 2.04. The number of ether oxygens (including phenoxy) is 3. The second kappa shape index (κ2) is 8.05. The van der Waals surface area contributed by atoms with Gasteiger partial charge in [-0.15, -0.1) is 0 Å². The van der Waals surface area contributed by atoms with E-state index in [1.54, 1.807) is 68.6 Å². The van der Waals surface area contributed by atoms with Gasteiger partial charge < -0.3 is 14.2 Å². The molecule has 150 valence electrons. The first-order valence-corrected chi connectivity index (χ1v) is 9.54. The van der Waals surface area contributed by atoms with Crippen LogP contribution in [0, 0.1) is 6.92 Å². The monoisotopic (exact) mass is 420 g/mol. The third kappa shape index (κ3) is 3.67. The number of hydrogen-bond donors (Lipinski definition) is 0. The van der Waals surface area contributed by atoms with Crippen LogP contribution in [0.4, 0.5) is 0 Å². The number of rotatable bonds is 4. The van der Waals surface area contributed by atoms with Crippen molar-refractivity contribution >= 4 is 29.4 Å². The predicted octanol–water partition coefficient (Wildman–Crippen LogP) is 5.49. The van der Waals surface area contributed by atoms with Gasteiger partial charge in [0.2, 0.25) is 5.78 Å². The molecule has 0 N–H and O–H groups in total. The lowest BCUT2D eigenvalue weighted by molar-refractivity contribution is 0.0733. The lowest BCUT2D eigenvalue weighted by Gasteiger charge is -2.10. The molecule has 0 spiro atoms. The molecule has 1 aliphatic heterocycles. The molecule has 30 heavy (non-hydrogen) atoms. The smallest absolute Gasteiger partial charge is 0.345 e. The number of halogens is 1. The molecule has 0 atom stereocenters. The van der Waals surface area contributed by atoms with Crippen molar-refractivity contribution in [2.45, 2.75) is 6.92 Å². The number of ketones is 1. The van der Waals surface area contributed by atoms with E-state index in [0.29, 0.717) is 27.6 Å². The summed E-state index contributed by atoms with van der Waals surface area (Å²) in [6.07, 6.45) is 1.66. The Morgan fingerprint density at radius 3 is 2.47 bits per heavy atom. The molecule has 0 saturated carbocycles. The minimum absolute atomic E-state index is 0.202. The van der Waals surface area contributed by atoms with E-state index in [1.807, 2.05) is 12.1 Å². The van der Waals surface area contributed by atoms with Crippen molar-refractivity contribution in [1.82, 2.24) is 0 Å². The van der Waals surface area contributed by atoms with Gasteiger partial charge in [0.25, 0.3) is 0 Å². The molecule has 0 aliphatic carbocycles. The molecule has 0 bridgehead atoms. The van der Waals surface area contributed by atoms with Crippen molar-refractivity contribution in [3.63, 3.8) is 0 Å². The summed E-state index contributed by atoms with van der Waals surface area (Å²) in [4.78, 5) is 25.2. The molecule has 0 fully saturated rings. The van der Waals surface area contributed by atoms with Gasteiger partial charge in [-0.3, -0.25) is 4.79 Å². The summed E-state index contributed by atoms with van der Waals surface area (Å²) in [6.45, 7) is 1.73. The van der Waals surface area contributed by atoms with Crippen molar-refractivity contribution in [1.29, 1.82) is 0 Å². The molecule has 3 aromatic carbocycles.